The topological polar surface area (TPSA) is 50.3 Å². The van der Waals surface area contributed by atoms with Gasteiger partial charge in [0.1, 0.15) is 0 Å². The third kappa shape index (κ3) is 3.31. The van der Waals surface area contributed by atoms with E-state index in [1.165, 1.54) is 6.42 Å². The highest BCUT2D eigenvalue weighted by Crippen LogP contribution is 2.51. The van der Waals surface area contributed by atoms with Gasteiger partial charge in [0.2, 0.25) is 10.0 Å². The molecule has 0 spiro atoms. The highest BCUT2D eigenvalue weighted by Gasteiger charge is 2.52. The molecule has 1 aromatic heterocycles. The predicted molar refractivity (Wildman–Crippen MR) is 92.4 cm³/mol. The molecule has 2 heterocycles. The van der Waals surface area contributed by atoms with Gasteiger partial charge in [0.05, 0.1) is 11.8 Å². The van der Waals surface area contributed by atoms with Gasteiger partial charge in [0, 0.05) is 18.9 Å². The second-order valence-electron chi connectivity index (χ2n) is 8.34. The molecular weight excluding hydrogens is 308 g/mol. The first-order valence-corrected chi connectivity index (χ1v) is 10.2. The average molecular weight is 337 g/mol. The fraction of sp³-hybridized carbons (Fsp3) is 0.722. The van der Waals surface area contributed by atoms with E-state index < -0.39 is 10.0 Å². The first-order valence-electron chi connectivity index (χ1n) is 8.63. The van der Waals surface area contributed by atoms with Crippen molar-refractivity contribution in [3.63, 3.8) is 0 Å². The van der Waals surface area contributed by atoms with E-state index in [9.17, 15) is 8.42 Å². The SMILES string of the molecule is CC1(CS(=O)(=O)N2CC(C)(C)C2c2ccncc2)CCCCC1. The maximum absolute atomic E-state index is 13.1. The summed E-state index contributed by atoms with van der Waals surface area (Å²) in [6, 6.07) is 3.81. The van der Waals surface area contributed by atoms with Gasteiger partial charge in [-0.25, -0.2) is 8.42 Å². The van der Waals surface area contributed by atoms with Gasteiger partial charge in [0.25, 0.3) is 0 Å². The summed E-state index contributed by atoms with van der Waals surface area (Å²) in [6.45, 7) is 7.05. The summed E-state index contributed by atoms with van der Waals surface area (Å²) >= 11 is 0. The van der Waals surface area contributed by atoms with Gasteiger partial charge in [-0.1, -0.05) is 40.0 Å². The van der Waals surface area contributed by atoms with Crippen molar-refractivity contribution >= 4 is 10.0 Å². The van der Waals surface area contributed by atoms with Crippen LogP contribution in [0.1, 0.15) is 64.5 Å². The Hall–Kier alpha value is -0.940. The molecule has 1 saturated heterocycles. The molecule has 2 fully saturated rings. The second kappa shape index (κ2) is 5.85. The lowest BCUT2D eigenvalue weighted by atomic mass is 9.74. The van der Waals surface area contributed by atoms with E-state index in [0.29, 0.717) is 6.54 Å². The van der Waals surface area contributed by atoms with Gasteiger partial charge in [-0.2, -0.15) is 4.31 Å². The van der Waals surface area contributed by atoms with E-state index in [4.69, 9.17) is 0 Å². The summed E-state index contributed by atoms with van der Waals surface area (Å²) in [5.74, 6) is 0.289. The minimum absolute atomic E-state index is 0.0259. The summed E-state index contributed by atoms with van der Waals surface area (Å²) in [5.41, 5.74) is 0.968. The Bertz CT molecular complexity index is 649. The molecule has 1 atom stereocenters. The molecule has 5 heteroatoms. The van der Waals surface area contributed by atoms with Gasteiger partial charge in [-0.15, -0.1) is 0 Å². The van der Waals surface area contributed by atoms with E-state index in [0.717, 1.165) is 31.2 Å². The predicted octanol–water partition coefficient (Wildman–Crippen LogP) is 3.76. The van der Waals surface area contributed by atoms with Gasteiger partial charge in [-0.05, 0) is 41.4 Å². The molecule has 2 aliphatic rings. The van der Waals surface area contributed by atoms with Crippen molar-refractivity contribution < 1.29 is 8.42 Å². The zero-order valence-electron chi connectivity index (χ0n) is 14.5. The van der Waals surface area contributed by atoms with Crippen molar-refractivity contribution in [1.29, 1.82) is 0 Å². The average Bonchev–Trinajstić information content (AvgIpc) is 2.46. The van der Waals surface area contributed by atoms with Gasteiger partial charge in [0.15, 0.2) is 0 Å². The van der Waals surface area contributed by atoms with Crippen LogP contribution in [-0.2, 0) is 10.0 Å². The molecule has 0 amide bonds. The number of rotatable bonds is 4. The van der Waals surface area contributed by atoms with Crippen molar-refractivity contribution in [1.82, 2.24) is 9.29 Å². The molecular formula is C18H28N2O2S. The van der Waals surface area contributed by atoms with Gasteiger partial charge in [-0.3, -0.25) is 4.98 Å². The Morgan fingerprint density at radius 2 is 1.74 bits per heavy atom. The van der Waals surface area contributed by atoms with Crippen LogP contribution in [0.3, 0.4) is 0 Å². The van der Waals surface area contributed by atoms with E-state index in [-0.39, 0.29) is 22.6 Å². The molecule has 0 N–H and O–H groups in total. The van der Waals surface area contributed by atoms with E-state index >= 15 is 0 Å². The van der Waals surface area contributed by atoms with E-state index in [1.807, 2.05) is 12.1 Å². The molecule has 128 valence electrons. The van der Waals surface area contributed by atoms with Crippen LogP contribution in [0.2, 0.25) is 0 Å². The highest BCUT2D eigenvalue weighted by atomic mass is 32.2. The highest BCUT2D eigenvalue weighted by molar-refractivity contribution is 7.89. The lowest BCUT2D eigenvalue weighted by molar-refractivity contribution is 0.0185. The minimum atomic E-state index is -3.24. The number of hydrogen-bond acceptors (Lipinski definition) is 3. The zero-order valence-corrected chi connectivity index (χ0v) is 15.3. The van der Waals surface area contributed by atoms with Crippen LogP contribution in [0.4, 0.5) is 0 Å². The van der Waals surface area contributed by atoms with Gasteiger partial charge < -0.3 is 0 Å². The lowest BCUT2D eigenvalue weighted by Gasteiger charge is -2.54. The standard InChI is InChI=1S/C18H28N2O2S/c1-17(2)13-20(16(17)15-7-11-19-12-8-15)23(21,22)14-18(3)9-5-4-6-10-18/h7-8,11-12,16H,4-6,9-10,13-14H2,1-3H3. The van der Waals surface area contributed by atoms with Crippen molar-refractivity contribution in [2.45, 2.75) is 58.9 Å². The third-order valence-corrected chi connectivity index (χ3v) is 7.68. The van der Waals surface area contributed by atoms with Crippen molar-refractivity contribution in [2.75, 3.05) is 12.3 Å². The summed E-state index contributed by atoms with van der Waals surface area (Å²) in [5, 5.41) is 0. The maximum Gasteiger partial charge on any atom is 0.215 e. The van der Waals surface area contributed by atoms with Gasteiger partial charge >= 0.3 is 0 Å². The molecule has 3 rings (SSSR count). The molecule has 1 aromatic rings. The van der Waals surface area contributed by atoms with E-state index in [1.54, 1.807) is 16.7 Å². The maximum atomic E-state index is 13.1. The zero-order chi connectivity index (χ0) is 16.7. The summed E-state index contributed by atoms with van der Waals surface area (Å²) in [7, 11) is -3.24. The van der Waals surface area contributed by atoms with Crippen LogP contribution in [0.15, 0.2) is 24.5 Å². The van der Waals surface area contributed by atoms with Crippen LogP contribution >= 0.6 is 0 Å². The number of sulfonamides is 1. The molecule has 1 aliphatic carbocycles. The third-order valence-electron chi connectivity index (χ3n) is 5.56. The second-order valence-corrected chi connectivity index (χ2v) is 10.3. The quantitative estimate of drug-likeness (QED) is 0.841. The van der Waals surface area contributed by atoms with Crippen molar-refractivity contribution in [3.05, 3.63) is 30.1 Å². The Morgan fingerprint density at radius 3 is 2.30 bits per heavy atom. The van der Waals surface area contributed by atoms with E-state index in [2.05, 4.69) is 25.8 Å². The molecule has 1 aliphatic heterocycles. The normalized spacial score (nSPS) is 27.3. The minimum Gasteiger partial charge on any atom is -0.265 e. The molecule has 1 unspecified atom stereocenters. The Labute approximate surface area is 140 Å². The first kappa shape index (κ1) is 16.9. The number of nitrogens with zero attached hydrogens (tertiary/aromatic N) is 2. The van der Waals surface area contributed by atoms with Crippen LogP contribution in [0.5, 0.6) is 0 Å². The van der Waals surface area contributed by atoms with Crippen LogP contribution in [-0.4, -0.2) is 30.0 Å². The fourth-order valence-corrected chi connectivity index (χ4v) is 6.94. The lowest BCUT2D eigenvalue weighted by Crippen LogP contribution is -2.59. The van der Waals surface area contributed by atoms with Crippen molar-refractivity contribution in [3.8, 4) is 0 Å². The molecule has 0 aromatic carbocycles. The Balaban J connectivity index is 1.82. The summed E-state index contributed by atoms with van der Waals surface area (Å²) < 4.78 is 27.9. The van der Waals surface area contributed by atoms with Crippen LogP contribution in [0, 0.1) is 10.8 Å². The molecule has 1 saturated carbocycles. The number of hydrogen-bond donors (Lipinski definition) is 0. The van der Waals surface area contributed by atoms with Crippen LogP contribution < -0.4 is 0 Å². The summed E-state index contributed by atoms with van der Waals surface area (Å²) in [6.07, 6.45) is 9.11. The fourth-order valence-electron chi connectivity index (χ4n) is 4.35. The smallest absolute Gasteiger partial charge is 0.215 e. The summed E-state index contributed by atoms with van der Waals surface area (Å²) in [4.78, 5) is 4.06. The molecule has 0 radical (unpaired) electrons. The molecule has 23 heavy (non-hydrogen) atoms. The largest absolute Gasteiger partial charge is 0.265 e. The molecule has 0 bridgehead atoms. The monoisotopic (exact) mass is 336 g/mol. The number of pyridine rings is 1. The van der Waals surface area contributed by atoms with Crippen LogP contribution in [0.25, 0.3) is 0 Å². The number of aromatic nitrogens is 1. The molecule has 4 nitrogen and oxygen atoms in total. The Morgan fingerprint density at radius 1 is 1.13 bits per heavy atom. The first-order chi connectivity index (χ1) is 10.7. The van der Waals surface area contributed by atoms with Crippen molar-refractivity contribution in [2.24, 2.45) is 10.8 Å². The Kier molecular flexibility index (Phi) is 4.30.